The molecule has 0 fully saturated rings. The maximum atomic E-state index is 10.7. The number of nitrogens with one attached hydrogen (secondary N) is 1. The molecule has 0 spiro atoms. The van der Waals surface area contributed by atoms with Gasteiger partial charge in [-0.25, -0.2) is 4.79 Å². The molecule has 14 heavy (non-hydrogen) atoms. The largest absolute Gasteiger partial charge is 0.478 e. The Balaban J connectivity index is 2.91. The Bertz CT molecular complexity index is 407. The average molecular weight is 189 g/mol. The highest BCUT2D eigenvalue weighted by molar-refractivity contribution is 5.94. The van der Waals surface area contributed by atoms with E-state index in [-0.39, 0.29) is 5.56 Å². The van der Waals surface area contributed by atoms with Gasteiger partial charge in [-0.05, 0) is 12.1 Å². The van der Waals surface area contributed by atoms with Crippen LogP contribution in [-0.2, 0) is 0 Å². The third kappa shape index (κ3) is 2.32. The lowest BCUT2D eigenvalue weighted by Gasteiger charge is -2.02. The Morgan fingerprint density at radius 1 is 1.57 bits per heavy atom. The van der Waals surface area contributed by atoms with E-state index in [1.54, 1.807) is 24.3 Å². The summed E-state index contributed by atoms with van der Waals surface area (Å²) in [6.07, 6.45) is 0.985. The molecule has 5 heteroatoms. The summed E-state index contributed by atoms with van der Waals surface area (Å²) >= 11 is 0. The molecule has 0 saturated heterocycles. The number of nitrogens with zero attached hydrogens (tertiary/aromatic N) is 2. The molecule has 0 atom stereocenters. The van der Waals surface area contributed by atoms with Crippen LogP contribution in [-0.4, -0.2) is 17.3 Å². The van der Waals surface area contributed by atoms with Crippen molar-refractivity contribution in [3.8, 4) is 6.07 Å². The Morgan fingerprint density at radius 2 is 2.29 bits per heavy atom. The molecule has 70 valence electrons. The molecule has 2 N–H and O–H groups in total. The first-order valence-corrected chi connectivity index (χ1v) is 3.75. The fourth-order valence-electron chi connectivity index (χ4n) is 0.898. The third-order valence-electron chi connectivity index (χ3n) is 1.46. The minimum Gasteiger partial charge on any atom is -0.478 e. The van der Waals surface area contributed by atoms with Crippen LogP contribution in [0, 0.1) is 11.3 Å². The maximum absolute atomic E-state index is 10.7. The number of carbonyl (C=O) groups is 1. The summed E-state index contributed by atoms with van der Waals surface area (Å²) in [6, 6.07) is 7.99. The van der Waals surface area contributed by atoms with Crippen molar-refractivity contribution in [1.29, 1.82) is 5.26 Å². The summed E-state index contributed by atoms with van der Waals surface area (Å²) < 4.78 is 0. The van der Waals surface area contributed by atoms with Crippen LogP contribution < -0.4 is 5.43 Å². The number of para-hydroxylation sites is 1. The summed E-state index contributed by atoms with van der Waals surface area (Å²) in [5.41, 5.74) is 2.93. The smallest absolute Gasteiger partial charge is 0.337 e. The molecule has 5 nitrogen and oxygen atoms in total. The minimum atomic E-state index is -1.04. The first-order chi connectivity index (χ1) is 6.75. The fourth-order valence-corrected chi connectivity index (χ4v) is 0.898. The second-order valence-corrected chi connectivity index (χ2v) is 2.35. The van der Waals surface area contributed by atoms with Gasteiger partial charge < -0.3 is 5.11 Å². The number of hydrazone groups is 1. The summed E-state index contributed by atoms with van der Waals surface area (Å²) in [6.45, 7) is 0. The van der Waals surface area contributed by atoms with Gasteiger partial charge in [-0.2, -0.15) is 10.4 Å². The number of carboxylic acid groups (broad SMARTS) is 1. The number of hydrogen-bond acceptors (Lipinski definition) is 4. The van der Waals surface area contributed by atoms with Gasteiger partial charge in [-0.1, -0.05) is 12.1 Å². The molecule has 1 aromatic carbocycles. The Hall–Kier alpha value is -2.35. The van der Waals surface area contributed by atoms with E-state index in [1.165, 1.54) is 6.07 Å². The van der Waals surface area contributed by atoms with Gasteiger partial charge in [0.25, 0.3) is 0 Å². The Kier molecular flexibility index (Phi) is 3.21. The van der Waals surface area contributed by atoms with Gasteiger partial charge in [0.05, 0.1) is 11.3 Å². The van der Waals surface area contributed by atoms with E-state index in [9.17, 15) is 4.79 Å². The topological polar surface area (TPSA) is 85.5 Å². The van der Waals surface area contributed by atoms with Crippen molar-refractivity contribution >= 4 is 17.9 Å². The summed E-state index contributed by atoms with van der Waals surface area (Å²) in [7, 11) is 0. The molecule has 0 bridgehead atoms. The Labute approximate surface area is 80.3 Å². The van der Waals surface area contributed by atoms with Crippen LogP contribution in [0.5, 0.6) is 0 Å². The number of benzene rings is 1. The molecule has 0 aliphatic heterocycles. The summed E-state index contributed by atoms with van der Waals surface area (Å²) in [5.74, 6) is -1.04. The molecule has 0 unspecified atom stereocenters. The van der Waals surface area contributed by atoms with E-state index in [0.717, 1.165) is 6.21 Å². The quantitative estimate of drug-likeness (QED) is 0.554. The predicted molar refractivity (Wildman–Crippen MR) is 51.1 cm³/mol. The van der Waals surface area contributed by atoms with Crippen molar-refractivity contribution in [2.75, 3.05) is 5.43 Å². The lowest BCUT2D eigenvalue weighted by molar-refractivity contribution is 0.0698. The number of anilines is 1. The van der Waals surface area contributed by atoms with E-state index in [2.05, 4.69) is 10.5 Å². The molecular weight excluding hydrogens is 182 g/mol. The third-order valence-corrected chi connectivity index (χ3v) is 1.46. The normalized spacial score (nSPS) is 9.64. The minimum absolute atomic E-state index is 0.114. The van der Waals surface area contributed by atoms with Crippen molar-refractivity contribution in [2.24, 2.45) is 5.10 Å². The highest BCUT2D eigenvalue weighted by Crippen LogP contribution is 2.14. The number of rotatable bonds is 3. The number of hydrogen-bond donors (Lipinski definition) is 2. The molecule has 0 aliphatic carbocycles. The van der Waals surface area contributed by atoms with Gasteiger partial charge in [0, 0.05) is 0 Å². The summed E-state index contributed by atoms with van der Waals surface area (Å²) in [4.78, 5) is 10.7. The molecule has 0 amide bonds. The SMILES string of the molecule is N#CC=NNc1ccccc1C(=O)O. The van der Waals surface area contributed by atoms with Crippen LogP contribution in [0.2, 0.25) is 0 Å². The summed E-state index contributed by atoms with van der Waals surface area (Å²) in [5, 5.41) is 20.4. The van der Waals surface area contributed by atoms with E-state index in [0.29, 0.717) is 5.69 Å². The van der Waals surface area contributed by atoms with E-state index < -0.39 is 5.97 Å². The fraction of sp³-hybridized carbons (Fsp3) is 0. The number of nitriles is 1. The molecule has 0 saturated carbocycles. The second-order valence-electron chi connectivity index (χ2n) is 2.35. The standard InChI is InChI=1S/C9H7N3O2/c10-5-6-11-12-8-4-2-1-3-7(8)9(13)14/h1-4,6,12H,(H,13,14). The van der Waals surface area contributed by atoms with Crippen LogP contribution in [0.1, 0.15) is 10.4 Å². The van der Waals surface area contributed by atoms with Gasteiger partial charge in [0.15, 0.2) is 0 Å². The van der Waals surface area contributed by atoms with Gasteiger partial charge in [-0.15, -0.1) is 0 Å². The second kappa shape index (κ2) is 4.62. The average Bonchev–Trinajstić information content (AvgIpc) is 2.19. The van der Waals surface area contributed by atoms with Crippen LogP contribution in [0.4, 0.5) is 5.69 Å². The van der Waals surface area contributed by atoms with Crippen molar-refractivity contribution in [3.63, 3.8) is 0 Å². The first kappa shape index (κ1) is 9.74. The molecule has 0 aromatic heterocycles. The first-order valence-electron chi connectivity index (χ1n) is 3.75. The van der Waals surface area contributed by atoms with Crippen LogP contribution in [0.25, 0.3) is 0 Å². The highest BCUT2D eigenvalue weighted by Gasteiger charge is 2.07. The molecule has 0 aliphatic rings. The van der Waals surface area contributed by atoms with Gasteiger partial charge in [0.2, 0.25) is 0 Å². The predicted octanol–water partition coefficient (Wildman–Crippen LogP) is 1.31. The van der Waals surface area contributed by atoms with Crippen molar-refractivity contribution in [2.45, 2.75) is 0 Å². The number of aromatic carboxylic acids is 1. The molecule has 1 aromatic rings. The van der Waals surface area contributed by atoms with E-state index in [4.69, 9.17) is 10.4 Å². The van der Waals surface area contributed by atoms with Gasteiger partial charge >= 0.3 is 5.97 Å². The van der Waals surface area contributed by atoms with E-state index in [1.807, 2.05) is 0 Å². The molecule has 1 rings (SSSR count). The number of carboxylic acids is 1. The monoisotopic (exact) mass is 189 g/mol. The molecular formula is C9H7N3O2. The van der Waals surface area contributed by atoms with Crippen molar-refractivity contribution < 1.29 is 9.90 Å². The van der Waals surface area contributed by atoms with E-state index >= 15 is 0 Å². The van der Waals surface area contributed by atoms with Crippen LogP contribution in [0.15, 0.2) is 29.4 Å². The zero-order chi connectivity index (χ0) is 10.4. The van der Waals surface area contributed by atoms with Gasteiger partial charge in [0.1, 0.15) is 12.3 Å². The maximum Gasteiger partial charge on any atom is 0.337 e. The van der Waals surface area contributed by atoms with Crippen molar-refractivity contribution in [1.82, 2.24) is 0 Å². The molecule has 0 heterocycles. The Morgan fingerprint density at radius 3 is 2.93 bits per heavy atom. The lowest BCUT2D eigenvalue weighted by Crippen LogP contribution is -2.01. The highest BCUT2D eigenvalue weighted by atomic mass is 16.4. The van der Waals surface area contributed by atoms with Gasteiger partial charge in [-0.3, -0.25) is 5.43 Å². The lowest BCUT2D eigenvalue weighted by atomic mass is 10.2. The van der Waals surface area contributed by atoms with Crippen molar-refractivity contribution in [3.05, 3.63) is 29.8 Å². The zero-order valence-corrected chi connectivity index (χ0v) is 7.14. The van der Waals surface area contributed by atoms with Crippen LogP contribution >= 0.6 is 0 Å². The zero-order valence-electron chi connectivity index (χ0n) is 7.14. The van der Waals surface area contributed by atoms with Crippen LogP contribution in [0.3, 0.4) is 0 Å². The molecule has 0 radical (unpaired) electrons.